The standard InChI is InChI=1S/C22H25ClN4O3/c23-16-5-6-17-19(15-16)24-21(18-3-1-2-4-20(18)29)25-22(17)27-9-7-26(8-10-27)11-13-30-14-12-28/h1-6,15,28-29H,7-14H2. The second-order valence-electron chi connectivity index (χ2n) is 7.21. The van der Waals surface area contributed by atoms with Crippen molar-refractivity contribution in [1.82, 2.24) is 14.9 Å². The minimum atomic E-state index is 0.0535. The summed E-state index contributed by atoms with van der Waals surface area (Å²) in [6, 6.07) is 12.7. The van der Waals surface area contributed by atoms with Gasteiger partial charge < -0.3 is 19.8 Å². The third-order valence-electron chi connectivity index (χ3n) is 5.24. The Hall–Kier alpha value is -2.45. The molecule has 158 valence electrons. The average molecular weight is 429 g/mol. The highest BCUT2D eigenvalue weighted by molar-refractivity contribution is 6.31. The lowest BCUT2D eigenvalue weighted by molar-refractivity contribution is 0.0724. The molecule has 0 amide bonds. The van der Waals surface area contributed by atoms with E-state index in [0.29, 0.717) is 29.6 Å². The Kier molecular flexibility index (Phi) is 6.64. The molecule has 0 atom stereocenters. The summed E-state index contributed by atoms with van der Waals surface area (Å²) in [7, 11) is 0. The molecular formula is C22H25ClN4O3. The Labute approximate surface area is 180 Å². The number of aliphatic hydroxyl groups excluding tert-OH is 1. The molecule has 8 heteroatoms. The number of aromatic hydroxyl groups is 1. The van der Waals surface area contributed by atoms with Gasteiger partial charge in [0.2, 0.25) is 0 Å². The number of para-hydroxylation sites is 1. The van der Waals surface area contributed by atoms with E-state index >= 15 is 0 Å². The van der Waals surface area contributed by atoms with E-state index in [1.54, 1.807) is 12.1 Å². The number of phenolic OH excluding ortho intramolecular Hbond substituents is 1. The summed E-state index contributed by atoms with van der Waals surface area (Å²) in [5.74, 6) is 1.49. The van der Waals surface area contributed by atoms with E-state index in [0.717, 1.165) is 49.4 Å². The Bertz CT molecular complexity index is 1010. The number of piperazine rings is 1. The topological polar surface area (TPSA) is 82.0 Å². The van der Waals surface area contributed by atoms with E-state index in [1.165, 1.54) is 0 Å². The van der Waals surface area contributed by atoms with Crippen LogP contribution < -0.4 is 4.90 Å². The second kappa shape index (κ2) is 9.57. The molecule has 3 aromatic rings. The van der Waals surface area contributed by atoms with Crippen LogP contribution in [0.2, 0.25) is 5.02 Å². The van der Waals surface area contributed by atoms with E-state index in [1.807, 2.05) is 30.3 Å². The van der Waals surface area contributed by atoms with Crippen molar-refractivity contribution in [3.05, 3.63) is 47.5 Å². The largest absolute Gasteiger partial charge is 0.507 e. The number of rotatable bonds is 7. The summed E-state index contributed by atoms with van der Waals surface area (Å²) < 4.78 is 5.38. The summed E-state index contributed by atoms with van der Waals surface area (Å²) in [4.78, 5) is 14.1. The van der Waals surface area contributed by atoms with Crippen LogP contribution in [0.25, 0.3) is 22.3 Å². The number of hydrogen-bond acceptors (Lipinski definition) is 7. The lowest BCUT2D eigenvalue weighted by Crippen LogP contribution is -2.47. The van der Waals surface area contributed by atoms with Crippen LogP contribution in [0.1, 0.15) is 0 Å². The first-order chi connectivity index (χ1) is 14.7. The van der Waals surface area contributed by atoms with E-state index in [-0.39, 0.29) is 12.4 Å². The minimum absolute atomic E-state index is 0.0535. The van der Waals surface area contributed by atoms with Gasteiger partial charge in [0, 0.05) is 43.1 Å². The van der Waals surface area contributed by atoms with Crippen LogP contribution in [0.15, 0.2) is 42.5 Å². The predicted octanol–water partition coefficient (Wildman–Crippen LogP) is 2.79. The number of phenols is 1. The highest BCUT2D eigenvalue weighted by Gasteiger charge is 2.21. The van der Waals surface area contributed by atoms with Gasteiger partial charge in [0.25, 0.3) is 0 Å². The maximum absolute atomic E-state index is 10.3. The van der Waals surface area contributed by atoms with E-state index in [2.05, 4.69) is 14.8 Å². The number of aromatic nitrogens is 2. The van der Waals surface area contributed by atoms with Crippen molar-refractivity contribution in [2.75, 3.05) is 57.4 Å². The van der Waals surface area contributed by atoms with Gasteiger partial charge in [0.05, 0.1) is 30.9 Å². The molecule has 1 saturated heterocycles. The first-order valence-electron chi connectivity index (χ1n) is 10.1. The van der Waals surface area contributed by atoms with E-state index in [9.17, 15) is 5.11 Å². The number of aliphatic hydroxyl groups is 1. The van der Waals surface area contributed by atoms with Crippen molar-refractivity contribution < 1.29 is 14.9 Å². The van der Waals surface area contributed by atoms with Gasteiger partial charge in [0.15, 0.2) is 5.82 Å². The molecule has 4 rings (SSSR count). The zero-order valence-corrected chi connectivity index (χ0v) is 17.4. The second-order valence-corrected chi connectivity index (χ2v) is 7.65. The molecule has 0 unspecified atom stereocenters. The quantitative estimate of drug-likeness (QED) is 0.560. The highest BCUT2D eigenvalue weighted by Crippen LogP contribution is 2.32. The molecule has 30 heavy (non-hydrogen) atoms. The van der Waals surface area contributed by atoms with Gasteiger partial charge in [-0.1, -0.05) is 23.7 Å². The van der Waals surface area contributed by atoms with Gasteiger partial charge in [-0.25, -0.2) is 9.97 Å². The molecule has 0 aliphatic carbocycles. The highest BCUT2D eigenvalue weighted by atomic mass is 35.5. The van der Waals surface area contributed by atoms with Crippen molar-refractivity contribution in [3.8, 4) is 17.1 Å². The van der Waals surface area contributed by atoms with Crippen LogP contribution in [0.4, 0.5) is 5.82 Å². The number of benzene rings is 2. The number of halogens is 1. The van der Waals surface area contributed by atoms with Gasteiger partial charge in [-0.05, 0) is 30.3 Å². The SMILES string of the molecule is OCCOCCN1CCN(c2nc(-c3ccccc3O)nc3cc(Cl)ccc23)CC1. The van der Waals surface area contributed by atoms with Crippen LogP contribution in [0.5, 0.6) is 5.75 Å². The van der Waals surface area contributed by atoms with Crippen LogP contribution in [0.3, 0.4) is 0 Å². The first kappa shape index (κ1) is 20.8. The van der Waals surface area contributed by atoms with Gasteiger partial charge in [-0.3, -0.25) is 4.90 Å². The molecule has 2 N–H and O–H groups in total. The molecule has 2 heterocycles. The fourth-order valence-electron chi connectivity index (χ4n) is 3.65. The van der Waals surface area contributed by atoms with Crippen LogP contribution >= 0.6 is 11.6 Å². The molecule has 1 aromatic heterocycles. The van der Waals surface area contributed by atoms with Crippen LogP contribution in [-0.4, -0.2) is 77.6 Å². The monoisotopic (exact) mass is 428 g/mol. The molecule has 0 spiro atoms. The maximum atomic E-state index is 10.3. The lowest BCUT2D eigenvalue weighted by Gasteiger charge is -2.35. The summed E-state index contributed by atoms with van der Waals surface area (Å²) in [5.41, 5.74) is 1.35. The molecule has 7 nitrogen and oxygen atoms in total. The van der Waals surface area contributed by atoms with Gasteiger partial charge >= 0.3 is 0 Å². The number of ether oxygens (including phenoxy) is 1. The zero-order chi connectivity index (χ0) is 20.9. The average Bonchev–Trinajstić information content (AvgIpc) is 2.76. The third-order valence-corrected chi connectivity index (χ3v) is 5.48. The summed E-state index contributed by atoms with van der Waals surface area (Å²) in [6.45, 7) is 5.34. The van der Waals surface area contributed by atoms with Gasteiger partial charge in [-0.15, -0.1) is 0 Å². The molecular weight excluding hydrogens is 404 g/mol. The van der Waals surface area contributed by atoms with Crippen molar-refractivity contribution >= 4 is 28.3 Å². The minimum Gasteiger partial charge on any atom is -0.507 e. The Balaban J connectivity index is 1.60. The van der Waals surface area contributed by atoms with Crippen molar-refractivity contribution in [1.29, 1.82) is 0 Å². The zero-order valence-electron chi connectivity index (χ0n) is 16.7. The number of fused-ring (bicyclic) bond motifs is 1. The maximum Gasteiger partial charge on any atom is 0.165 e. The first-order valence-corrected chi connectivity index (χ1v) is 10.4. The Morgan fingerprint density at radius 2 is 1.80 bits per heavy atom. The molecule has 0 radical (unpaired) electrons. The molecule has 2 aromatic carbocycles. The van der Waals surface area contributed by atoms with Crippen LogP contribution in [0, 0.1) is 0 Å². The third kappa shape index (κ3) is 4.65. The predicted molar refractivity (Wildman–Crippen MR) is 118 cm³/mol. The van der Waals surface area contributed by atoms with Gasteiger partial charge in [0.1, 0.15) is 11.6 Å². The Morgan fingerprint density at radius 1 is 1.00 bits per heavy atom. The summed E-state index contributed by atoms with van der Waals surface area (Å²) in [6.07, 6.45) is 0. The van der Waals surface area contributed by atoms with Crippen molar-refractivity contribution in [2.45, 2.75) is 0 Å². The smallest absolute Gasteiger partial charge is 0.165 e. The Morgan fingerprint density at radius 3 is 2.57 bits per heavy atom. The van der Waals surface area contributed by atoms with Crippen molar-refractivity contribution in [2.24, 2.45) is 0 Å². The van der Waals surface area contributed by atoms with Crippen LogP contribution in [-0.2, 0) is 4.74 Å². The molecule has 0 saturated carbocycles. The summed E-state index contributed by atoms with van der Waals surface area (Å²) >= 11 is 6.22. The van der Waals surface area contributed by atoms with Gasteiger partial charge in [-0.2, -0.15) is 0 Å². The summed E-state index contributed by atoms with van der Waals surface area (Å²) in [5, 5.41) is 20.7. The van der Waals surface area contributed by atoms with Crippen molar-refractivity contribution in [3.63, 3.8) is 0 Å². The van der Waals surface area contributed by atoms with E-state index < -0.39 is 0 Å². The molecule has 1 aliphatic heterocycles. The molecule has 1 fully saturated rings. The fourth-order valence-corrected chi connectivity index (χ4v) is 3.82. The van der Waals surface area contributed by atoms with E-state index in [4.69, 9.17) is 26.4 Å². The normalized spacial score (nSPS) is 15.1. The molecule has 1 aliphatic rings. The number of anilines is 1. The fraction of sp³-hybridized carbons (Fsp3) is 0.364. The number of nitrogens with zero attached hydrogens (tertiary/aromatic N) is 4. The molecule has 0 bridgehead atoms. The lowest BCUT2D eigenvalue weighted by atomic mass is 10.1. The number of hydrogen-bond donors (Lipinski definition) is 2.